The summed E-state index contributed by atoms with van der Waals surface area (Å²) in [5.74, 6) is 0.00824. The first-order chi connectivity index (χ1) is 7.24. The smallest absolute Gasteiger partial charge is 0.223 e. The van der Waals surface area contributed by atoms with E-state index < -0.39 is 0 Å². The lowest BCUT2D eigenvalue weighted by molar-refractivity contribution is -0.116. The predicted octanol–water partition coefficient (Wildman–Crippen LogP) is 1.16. The van der Waals surface area contributed by atoms with Gasteiger partial charge < -0.3 is 10.2 Å². The number of hydrogen-bond donors (Lipinski definition) is 1. The maximum absolute atomic E-state index is 11.4. The number of nitrogens with zero attached hydrogens (tertiary/aromatic N) is 1. The van der Waals surface area contributed by atoms with Crippen LogP contribution in [0.4, 0.5) is 11.4 Å². The molecule has 4 heteroatoms. The number of fused-ring (bicyclic) bond motifs is 1. The molecule has 0 saturated carbocycles. The second-order valence-corrected chi connectivity index (χ2v) is 3.50. The molecule has 1 N–H and O–H groups in total. The normalized spacial score (nSPS) is 13.5. The van der Waals surface area contributed by atoms with E-state index in [9.17, 15) is 9.59 Å². The molecular weight excluding hydrogens is 192 g/mol. The van der Waals surface area contributed by atoms with Crippen LogP contribution in [0.2, 0.25) is 0 Å². The SMILES string of the molecule is CC(=O)N1CCc2cccc(NC=O)c21. The molecule has 1 aliphatic heterocycles. The monoisotopic (exact) mass is 204 g/mol. The summed E-state index contributed by atoms with van der Waals surface area (Å²) in [6.07, 6.45) is 1.48. The lowest BCUT2D eigenvalue weighted by Crippen LogP contribution is -2.26. The number of benzene rings is 1. The standard InChI is InChI=1S/C11H12N2O2/c1-8(15)13-6-5-9-3-2-4-10(11(9)13)12-7-14/h2-4,7H,5-6H2,1H3,(H,12,14). The molecule has 1 aromatic rings. The lowest BCUT2D eigenvalue weighted by Gasteiger charge is -2.17. The highest BCUT2D eigenvalue weighted by molar-refractivity contribution is 5.99. The van der Waals surface area contributed by atoms with Crippen molar-refractivity contribution in [2.75, 3.05) is 16.8 Å². The van der Waals surface area contributed by atoms with Gasteiger partial charge in [-0.25, -0.2) is 0 Å². The molecule has 0 fully saturated rings. The van der Waals surface area contributed by atoms with E-state index >= 15 is 0 Å². The lowest BCUT2D eigenvalue weighted by atomic mass is 10.1. The molecule has 0 spiro atoms. The topological polar surface area (TPSA) is 49.4 Å². The third kappa shape index (κ3) is 1.58. The molecule has 0 unspecified atom stereocenters. The van der Waals surface area contributed by atoms with Gasteiger partial charge in [0.1, 0.15) is 0 Å². The summed E-state index contributed by atoms with van der Waals surface area (Å²) in [7, 11) is 0. The molecule has 0 aromatic heterocycles. The minimum atomic E-state index is 0.00824. The van der Waals surface area contributed by atoms with Gasteiger partial charge in [0.15, 0.2) is 0 Å². The second-order valence-electron chi connectivity index (χ2n) is 3.50. The summed E-state index contributed by atoms with van der Waals surface area (Å²) in [4.78, 5) is 23.5. The van der Waals surface area contributed by atoms with Crippen molar-refractivity contribution in [1.82, 2.24) is 0 Å². The first-order valence-corrected chi connectivity index (χ1v) is 4.84. The second kappa shape index (κ2) is 3.73. The van der Waals surface area contributed by atoms with Crippen LogP contribution in [0.1, 0.15) is 12.5 Å². The van der Waals surface area contributed by atoms with Crippen molar-refractivity contribution in [1.29, 1.82) is 0 Å². The van der Waals surface area contributed by atoms with Gasteiger partial charge in [-0.15, -0.1) is 0 Å². The van der Waals surface area contributed by atoms with Gasteiger partial charge in [0.2, 0.25) is 12.3 Å². The zero-order chi connectivity index (χ0) is 10.8. The molecule has 1 heterocycles. The Morgan fingerprint density at radius 1 is 1.53 bits per heavy atom. The fourth-order valence-electron chi connectivity index (χ4n) is 1.95. The van der Waals surface area contributed by atoms with Gasteiger partial charge in [0.05, 0.1) is 11.4 Å². The molecule has 4 nitrogen and oxygen atoms in total. The fourth-order valence-corrected chi connectivity index (χ4v) is 1.95. The molecule has 15 heavy (non-hydrogen) atoms. The number of rotatable bonds is 2. The summed E-state index contributed by atoms with van der Waals surface area (Å²) < 4.78 is 0. The molecule has 0 saturated heterocycles. The number of anilines is 2. The van der Waals surface area contributed by atoms with E-state index in [1.54, 1.807) is 11.0 Å². The molecule has 0 aliphatic carbocycles. The van der Waals surface area contributed by atoms with Crippen LogP contribution < -0.4 is 10.2 Å². The summed E-state index contributed by atoms with van der Waals surface area (Å²) >= 11 is 0. The zero-order valence-corrected chi connectivity index (χ0v) is 8.49. The van der Waals surface area contributed by atoms with E-state index in [1.807, 2.05) is 12.1 Å². The number of amides is 2. The van der Waals surface area contributed by atoms with Crippen LogP contribution in [0, 0.1) is 0 Å². The highest BCUT2D eigenvalue weighted by Gasteiger charge is 2.24. The van der Waals surface area contributed by atoms with Gasteiger partial charge in [0, 0.05) is 13.5 Å². The van der Waals surface area contributed by atoms with Crippen LogP contribution in [-0.2, 0) is 16.0 Å². The molecular formula is C11H12N2O2. The first kappa shape index (κ1) is 9.71. The number of carbonyl (C=O) groups excluding carboxylic acids is 2. The van der Waals surface area contributed by atoms with E-state index in [4.69, 9.17) is 0 Å². The molecule has 78 valence electrons. The van der Waals surface area contributed by atoms with E-state index in [2.05, 4.69) is 5.32 Å². The van der Waals surface area contributed by atoms with Gasteiger partial charge in [-0.1, -0.05) is 12.1 Å². The Kier molecular flexibility index (Phi) is 2.41. The van der Waals surface area contributed by atoms with Crippen LogP contribution in [-0.4, -0.2) is 18.9 Å². The van der Waals surface area contributed by atoms with E-state index in [-0.39, 0.29) is 5.91 Å². The minimum absolute atomic E-state index is 0.00824. The van der Waals surface area contributed by atoms with Crippen molar-refractivity contribution < 1.29 is 9.59 Å². The van der Waals surface area contributed by atoms with Crippen molar-refractivity contribution in [2.24, 2.45) is 0 Å². The average Bonchev–Trinajstić information content (AvgIpc) is 2.62. The first-order valence-electron chi connectivity index (χ1n) is 4.84. The Balaban J connectivity index is 2.47. The van der Waals surface area contributed by atoms with Gasteiger partial charge in [-0.2, -0.15) is 0 Å². The van der Waals surface area contributed by atoms with Crippen LogP contribution in [0.25, 0.3) is 0 Å². The third-order valence-corrected chi connectivity index (χ3v) is 2.59. The van der Waals surface area contributed by atoms with Gasteiger partial charge >= 0.3 is 0 Å². The van der Waals surface area contributed by atoms with E-state index in [1.165, 1.54) is 6.92 Å². The van der Waals surface area contributed by atoms with Gasteiger partial charge in [-0.3, -0.25) is 9.59 Å². The Morgan fingerprint density at radius 3 is 3.00 bits per heavy atom. The van der Waals surface area contributed by atoms with Crippen molar-refractivity contribution in [2.45, 2.75) is 13.3 Å². The molecule has 0 bridgehead atoms. The van der Waals surface area contributed by atoms with Crippen LogP contribution in [0.15, 0.2) is 18.2 Å². The van der Waals surface area contributed by atoms with Crippen molar-refractivity contribution in [3.8, 4) is 0 Å². The number of hydrogen-bond acceptors (Lipinski definition) is 2. The summed E-state index contributed by atoms with van der Waals surface area (Å²) in [5.41, 5.74) is 2.66. The van der Waals surface area contributed by atoms with Crippen molar-refractivity contribution >= 4 is 23.7 Å². The maximum atomic E-state index is 11.4. The fraction of sp³-hybridized carbons (Fsp3) is 0.273. The highest BCUT2D eigenvalue weighted by Crippen LogP contribution is 2.35. The van der Waals surface area contributed by atoms with Crippen LogP contribution >= 0.6 is 0 Å². The van der Waals surface area contributed by atoms with E-state index in [0.717, 1.165) is 17.7 Å². The Morgan fingerprint density at radius 2 is 2.33 bits per heavy atom. The predicted molar refractivity (Wildman–Crippen MR) is 57.9 cm³/mol. The highest BCUT2D eigenvalue weighted by atomic mass is 16.2. The molecule has 1 aromatic carbocycles. The third-order valence-electron chi connectivity index (χ3n) is 2.59. The zero-order valence-electron chi connectivity index (χ0n) is 8.49. The number of para-hydroxylation sites is 1. The van der Waals surface area contributed by atoms with Gasteiger partial charge in [-0.05, 0) is 18.1 Å². The molecule has 1 aliphatic rings. The average molecular weight is 204 g/mol. The van der Waals surface area contributed by atoms with E-state index in [0.29, 0.717) is 18.6 Å². The Hall–Kier alpha value is -1.84. The minimum Gasteiger partial charge on any atom is -0.327 e. The summed E-state index contributed by atoms with van der Waals surface area (Å²) in [6, 6.07) is 5.66. The molecule has 0 radical (unpaired) electrons. The van der Waals surface area contributed by atoms with Crippen molar-refractivity contribution in [3.05, 3.63) is 23.8 Å². The quantitative estimate of drug-likeness (QED) is 0.735. The molecule has 0 atom stereocenters. The maximum Gasteiger partial charge on any atom is 0.223 e. The van der Waals surface area contributed by atoms with Crippen LogP contribution in [0.3, 0.4) is 0 Å². The number of carbonyl (C=O) groups is 2. The molecule has 2 amide bonds. The van der Waals surface area contributed by atoms with Crippen LogP contribution in [0.5, 0.6) is 0 Å². The summed E-state index contributed by atoms with van der Waals surface area (Å²) in [6.45, 7) is 2.23. The number of nitrogens with one attached hydrogen (secondary N) is 1. The Labute approximate surface area is 87.9 Å². The molecule has 2 rings (SSSR count). The summed E-state index contributed by atoms with van der Waals surface area (Å²) in [5, 5.41) is 2.62. The largest absolute Gasteiger partial charge is 0.327 e. The van der Waals surface area contributed by atoms with Crippen molar-refractivity contribution in [3.63, 3.8) is 0 Å². The Bertz CT molecular complexity index is 415. The van der Waals surface area contributed by atoms with Gasteiger partial charge in [0.25, 0.3) is 0 Å².